The highest BCUT2D eigenvalue weighted by Gasteiger charge is 2.47. The lowest BCUT2D eigenvalue weighted by atomic mass is 10.2. The van der Waals surface area contributed by atoms with Gasteiger partial charge in [-0.25, -0.2) is 0 Å². The smallest absolute Gasteiger partial charge is 0.366 e. The van der Waals surface area contributed by atoms with Gasteiger partial charge in [-0.15, -0.1) is 6.58 Å². The highest BCUT2D eigenvalue weighted by atomic mass is 28.4. The first kappa shape index (κ1) is 16.1. The molecule has 0 unspecified atom stereocenters. The van der Waals surface area contributed by atoms with Crippen molar-refractivity contribution in [3.8, 4) is 0 Å². The van der Waals surface area contributed by atoms with Crippen molar-refractivity contribution in [3.63, 3.8) is 0 Å². The topological polar surface area (TPSA) is 54.4 Å². The Hall–Kier alpha value is -0.283. The van der Waals surface area contributed by atoms with E-state index in [1.54, 1.807) is 16.2 Å². The van der Waals surface area contributed by atoms with E-state index in [1.807, 2.05) is 0 Å². The maximum Gasteiger partial charge on any atom is 0.712 e. The first-order valence-electron chi connectivity index (χ1n) is 7.57. The van der Waals surface area contributed by atoms with Gasteiger partial charge in [0.05, 0.1) is 6.61 Å². The van der Waals surface area contributed by atoms with E-state index in [2.05, 4.69) is 6.58 Å². The molecule has 0 aliphatic carbocycles. The minimum Gasteiger partial charge on any atom is -0.366 e. The van der Waals surface area contributed by atoms with Crippen LogP contribution in [0.4, 0.5) is 0 Å². The predicted octanol–water partition coefficient (Wildman–Crippen LogP) is 1.45. The maximum absolute atomic E-state index is 10.6. The van der Waals surface area contributed by atoms with Crippen LogP contribution < -0.4 is 0 Å². The van der Waals surface area contributed by atoms with Crippen molar-refractivity contribution in [1.82, 2.24) is 10.1 Å². The van der Waals surface area contributed by atoms with E-state index in [0.717, 1.165) is 51.9 Å². The fraction of sp³-hybridized carbons (Fsp3) is 0.846. The summed E-state index contributed by atoms with van der Waals surface area (Å²) in [5.74, 6) is 0. The summed E-state index contributed by atoms with van der Waals surface area (Å²) in [6, 6.07) is 0. The SMILES string of the molecule is C=CCO[Si](O)(ON1CCCCC1)ON1CCCCC1. The third-order valence-corrected chi connectivity index (χ3v) is 5.01. The molecule has 2 heterocycles. The Kier molecular flexibility index (Phi) is 6.62. The molecular formula is C13H26N2O4Si. The second-order valence-corrected chi connectivity index (χ2v) is 6.99. The van der Waals surface area contributed by atoms with Gasteiger partial charge >= 0.3 is 9.05 Å². The number of hydroxylamine groups is 4. The fourth-order valence-corrected chi connectivity index (χ4v) is 3.96. The maximum atomic E-state index is 10.6. The summed E-state index contributed by atoms with van der Waals surface area (Å²) in [6.45, 7) is 7.09. The molecule has 116 valence electrons. The lowest BCUT2D eigenvalue weighted by Gasteiger charge is -2.35. The highest BCUT2D eigenvalue weighted by molar-refractivity contribution is 6.51. The lowest BCUT2D eigenvalue weighted by molar-refractivity contribution is -0.219. The van der Waals surface area contributed by atoms with Crippen LogP contribution in [0.25, 0.3) is 0 Å². The predicted molar refractivity (Wildman–Crippen MR) is 77.1 cm³/mol. The third kappa shape index (κ3) is 5.25. The first-order valence-corrected chi connectivity index (χ1v) is 9.24. The van der Waals surface area contributed by atoms with Crippen molar-refractivity contribution in [1.29, 1.82) is 0 Å². The molecule has 20 heavy (non-hydrogen) atoms. The number of nitrogens with zero attached hydrogens (tertiary/aromatic N) is 2. The second kappa shape index (κ2) is 8.23. The molecule has 0 radical (unpaired) electrons. The summed E-state index contributed by atoms with van der Waals surface area (Å²) >= 11 is 0. The van der Waals surface area contributed by atoms with Crippen LogP contribution in [-0.2, 0) is 13.5 Å². The van der Waals surface area contributed by atoms with Crippen LogP contribution in [0.15, 0.2) is 12.7 Å². The van der Waals surface area contributed by atoms with Gasteiger partial charge in [0.15, 0.2) is 0 Å². The van der Waals surface area contributed by atoms with Crippen LogP contribution in [0.1, 0.15) is 38.5 Å². The van der Waals surface area contributed by atoms with Gasteiger partial charge < -0.3 is 9.22 Å². The molecule has 0 amide bonds. The molecule has 0 aromatic carbocycles. The fourth-order valence-electron chi connectivity index (χ4n) is 2.47. The minimum absolute atomic E-state index is 0.227. The van der Waals surface area contributed by atoms with E-state index in [1.165, 1.54) is 12.8 Å². The standard InChI is InChI=1S/C13H26N2O4Si/c1-2-13-17-20(16,18-14-9-5-3-6-10-14)19-15-11-7-4-8-12-15/h2,16H,1,3-13H2. The molecule has 0 bridgehead atoms. The summed E-state index contributed by atoms with van der Waals surface area (Å²) in [6.07, 6.45) is 8.33. The summed E-state index contributed by atoms with van der Waals surface area (Å²) in [7, 11) is -3.66. The van der Waals surface area contributed by atoms with Crippen molar-refractivity contribution < 1.29 is 18.3 Å². The van der Waals surface area contributed by atoms with E-state index < -0.39 is 9.05 Å². The van der Waals surface area contributed by atoms with Crippen molar-refractivity contribution in [2.45, 2.75) is 38.5 Å². The molecule has 0 spiro atoms. The second-order valence-electron chi connectivity index (χ2n) is 5.29. The van der Waals surface area contributed by atoms with Gasteiger partial charge in [-0.1, -0.05) is 18.9 Å². The molecule has 2 fully saturated rings. The molecule has 6 nitrogen and oxygen atoms in total. The zero-order valence-corrected chi connectivity index (χ0v) is 13.1. The van der Waals surface area contributed by atoms with E-state index in [0.29, 0.717) is 0 Å². The minimum atomic E-state index is -3.66. The van der Waals surface area contributed by atoms with Gasteiger partial charge in [0, 0.05) is 26.2 Å². The number of hydrogen-bond donors (Lipinski definition) is 1. The van der Waals surface area contributed by atoms with Crippen molar-refractivity contribution in [2.24, 2.45) is 0 Å². The summed E-state index contributed by atoms with van der Waals surface area (Å²) in [5, 5.41) is 3.56. The first-order chi connectivity index (χ1) is 9.72. The molecule has 0 atom stereocenters. The number of rotatable bonds is 7. The van der Waals surface area contributed by atoms with Crippen LogP contribution in [0, 0.1) is 0 Å². The van der Waals surface area contributed by atoms with E-state index in [-0.39, 0.29) is 6.61 Å². The zero-order chi connectivity index (χ0) is 14.3. The van der Waals surface area contributed by atoms with E-state index >= 15 is 0 Å². The molecule has 0 saturated carbocycles. The lowest BCUT2D eigenvalue weighted by Crippen LogP contribution is -2.56. The number of hydrogen-bond acceptors (Lipinski definition) is 6. The summed E-state index contributed by atoms with van der Waals surface area (Å²) in [4.78, 5) is 10.6. The molecule has 0 aromatic rings. The summed E-state index contributed by atoms with van der Waals surface area (Å²) in [5.41, 5.74) is 0. The Morgan fingerprint density at radius 3 is 1.75 bits per heavy atom. The average molecular weight is 302 g/mol. The van der Waals surface area contributed by atoms with Gasteiger partial charge in [0.1, 0.15) is 0 Å². The molecule has 2 saturated heterocycles. The molecule has 1 N–H and O–H groups in total. The molecule has 7 heteroatoms. The van der Waals surface area contributed by atoms with Crippen molar-refractivity contribution in [2.75, 3.05) is 32.8 Å². The van der Waals surface area contributed by atoms with Gasteiger partial charge in [-0.2, -0.15) is 10.1 Å². The van der Waals surface area contributed by atoms with Gasteiger partial charge in [-0.3, -0.25) is 9.05 Å². The van der Waals surface area contributed by atoms with Crippen molar-refractivity contribution >= 4 is 9.05 Å². The molecule has 2 rings (SSSR count). The summed E-state index contributed by atoms with van der Waals surface area (Å²) < 4.78 is 16.8. The van der Waals surface area contributed by atoms with Crippen LogP contribution in [0.3, 0.4) is 0 Å². The Morgan fingerprint density at radius 1 is 0.900 bits per heavy atom. The van der Waals surface area contributed by atoms with Gasteiger partial charge in [0.25, 0.3) is 0 Å². The van der Waals surface area contributed by atoms with Crippen LogP contribution in [-0.4, -0.2) is 56.8 Å². The number of piperidine rings is 2. The highest BCUT2D eigenvalue weighted by Crippen LogP contribution is 2.18. The van der Waals surface area contributed by atoms with Crippen LogP contribution in [0.2, 0.25) is 0 Å². The Bertz CT molecular complexity index is 274. The molecule has 0 aromatic heterocycles. The average Bonchev–Trinajstić information content (AvgIpc) is 2.47. The molecule has 2 aliphatic rings. The van der Waals surface area contributed by atoms with Crippen molar-refractivity contribution in [3.05, 3.63) is 12.7 Å². The van der Waals surface area contributed by atoms with E-state index in [9.17, 15) is 4.80 Å². The van der Waals surface area contributed by atoms with Crippen LogP contribution >= 0.6 is 0 Å². The van der Waals surface area contributed by atoms with Gasteiger partial charge in [-0.05, 0) is 25.7 Å². The normalized spacial score (nSPS) is 22.9. The third-order valence-electron chi connectivity index (χ3n) is 3.50. The van der Waals surface area contributed by atoms with Crippen LogP contribution in [0.5, 0.6) is 0 Å². The zero-order valence-electron chi connectivity index (χ0n) is 12.1. The Balaban J connectivity index is 1.89. The van der Waals surface area contributed by atoms with E-state index in [4.69, 9.17) is 13.5 Å². The van der Waals surface area contributed by atoms with Gasteiger partial charge in [0.2, 0.25) is 0 Å². The Labute approximate surface area is 122 Å². The monoisotopic (exact) mass is 302 g/mol. The largest absolute Gasteiger partial charge is 0.712 e. The molecular weight excluding hydrogens is 276 g/mol. The Morgan fingerprint density at radius 2 is 1.35 bits per heavy atom. The quantitative estimate of drug-likeness (QED) is 0.567. The molecule has 2 aliphatic heterocycles.